The summed E-state index contributed by atoms with van der Waals surface area (Å²) in [4.78, 5) is 29.8. The van der Waals surface area contributed by atoms with Crippen LogP contribution >= 0.6 is 0 Å². The molecule has 1 aliphatic heterocycles. The summed E-state index contributed by atoms with van der Waals surface area (Å²) in [6.45, 7) is 2.53. The van der Waals surface area contributed by atoms with E-state index in [2.05, 4.69) is 10.1 Å². The Bertz CT molecular complexity index is 746. The van der Waals surface area contributed by atoms with Crippen LogP contribution in [0, 0.1) is 12.8 Å². The maximum atomic E-state index is 12.4. The SMILES string of the molecule is Cc1noc([C@@H]2CN(C(=O)COCc3ccccc3)C[C@H]2C(N)=O)n1. The number of ether oxygens (including phenoxy) is 1. The van der Waals surface area contributed by atoms with E-state index in [1.54, 1.807) is 11.8 Å². The van der Waals surface area contributed by atoms with Crippen LogP contribution in [0.25, 0.3) is 0 Å². The molecular weight excluding hydrogens is 324 g/mol. The van der Waals surface area contributed by atoms with Crippen LogP contribution in [0.3, 0.4) is 0 Å². The molecule has 2 atom stereocenters. The molecule has 0 unspecified atom stereocenters. The maximum absolute atomic E-state index is 12.4. The van der Waals surface area contributed by atoms with E-state index in [9.17, 15) is 9.59 Å². The average Bonchev–Trinajstić information content (AvgIpc) is 3.22. The zero-order valence-electron chi connectivity index (χ0n) is 13.9. The van der Waals surface area contributed by atoms with Crippen molar-refractivity contribution in [2.75, 3.05) is 19.7 Å². The molecule has 1 aliphatic rings. The van der Waals surface area contributed by atoms with Crippen molar-refractivity contribution in [2.24, 2.45) is 11.7 Å². The van der Waals surface area contributed by atoms with Gasteiger partial charge in [0, 0.05) is 13.1 Å². The Labute approximate surface area is 144 Å². The highest BCUT2D eigenvalue weighted by Gasteiger charge is 2.42. The molecule has 2 N–H and O–H groups in total. The minimum Gasteiger partial charge on any atom is -0.369 e. The first-order chi connectivity index (χ1) is 12.0. The van der Waals surface area contributed by atoms with Gasteiger partial charge in [-0.3, -0.25) is 9.59 Å². The van der Waals surface area contributed by atoms with Gasteiger partial charge in [-0.1, -0.05) is 35.5 Å². The van der Waals surface area contributed by atoms with Crippen molar-refractivity contribution in [1.82, 2.24) is 15.0 Å². The van der Waals surface area contributed by atoms with Crippen molar-refractivity contribution in [3.63, 3.8) is 0 Å². The van der Waals surface area contributed by atoms with Gasteiger partial charge in [-0.05, 0) is 12.5 Å². The van der Waals surface area contributed by atoms with Gasteiger partial charge in [0.1, 0.15) is 6.61 Å². The van der Waals surface area contributed by atoms with Gasteiger partial charge >= 0.3 is 0 Å². The number of aromatic nitrogens is 2. The molecule has 1 fully saturated rings. The maximum Gasteiger partial charge on any atom is 0.248 e. The predicted octanol–water partition coefficient (Wildman–Crippen LogP) is 0.622. The largest absolute Gasteiger partial charge is 0.369 e. The number of aryl methyl sites for hydroxylation is 1. The van der Waals surface area contributed by atoms with E-state index >= 15 is 0 Å². The third-order valence-corrected chi connectivity index (χ3v) is 4.24. The van der Waals surface area contributed by atoms with Crippen LogP contribution in [-0.4, -0.2) is 46.6 Å². The molecule has 0 radical (unpaired) electrons. The van der Waals surface area contributed by atoms with Crippen molar-refractivity contribution in [3.8, 4) is 0 Å². The molecule has 0 spiro atoms. The standard InChI is InChI=1S/C17H20N4O4/c1-11-19-17(25-20-11)14-8-21(7-13(14)16(18)23)15(22)10-24-9-12-5-3-2-4-6-12/h2-6,13-14H,7-10H2,1H3,(H2,18,23)/t13-,14-/m1/s1. The Morgan fingerprint density at radius 3 is 2.72 bits per heavy atom. The second-order valence-corrected chi connectivity index (χ2v) is 6.07. The third kappa shape index (κ3) is 4.03. The van der Waals surface area contributed by atoms with Crippen molar-refractivity contribution >= 4 is 11.8 Å². The van der Waals surface area contributed by atoms with E-state index in [1.807, 2.05) is 30.3 Å². The first kappa shape index (κ1) is 17.1. The van der Waals surface area contributed by atoms with E-state index in [4.69, 9.17) is 15.0 Å². The minimum absolute atomic E-state index is 0.0596. The van der Waals surface area contributed by atoms with Crippen molar-refractivity contribution in [2.45, 2.75) is 19.4 Å². The molecule has 0 saturated carbocycles. The predicted molar refractivity (Wildman–Crippen MR) is 87.1 cm³/mol. The number of nitrogens with two attached hydrogens (primary N) is 1. The lowest BCUT2D eigenvalue weighted by Crippen LogP contribution is -2.34. The van der Waals surface area contributed by atoms with E-state index < -0.39 is 11.8 Å². The zero-order chi connectivity index (χ0) is 17.8. The lowest BCUT2D eigenvalue weighted by molar-refractivity contribution is -0.135. The molecule has 2 amide bonds. The van der Waals surface area contributed by atoms with Gasteiger partial charge in [-0.2, -0.15) is 4.98 Å². The Balaban J connectivity index is 1.58. The lowest BCUT2D eigenvalue weighted by atomic mass is 9.95. The number of amides is 2. The summed E-state index contributed by atoms with van der Waals surface area (Å²) in [6.07, 6.45) is 0. The van der Waals surface area contributed by atoms with Crippen LogP contribution in [0.2, 0.25) is 0 Å². The van der Waals surface area contributed by atoms with E-state index in [1.165, 1.54) is 0 Å². The molecule has 1 saturated heterocycles. The van der Waals surface area contributed by atoms with Crippen LogP contribution < -0.4 is 5.73 Å². The van der Waals surface area contributed by atoms with Crippen molar-refractivity contribution < 1.29 is 18.8 Å². The highest BCUT2D eigenvalue weighted by atomic mass is 16.5. The fraction of sp³-hybridized carbons (Fsp3) is 0.412. The van der Waals surface area contributed by atoms with Gasteiger partial charge in [0.15, 0.2) is 5.82 Å². The normalized spacial score (nSPS) is 20.0. The third-order valence-electron chi connectivity index (χ3n) is 4.24. The van der Waals surface area contributed by atoms with E-state index in [0.29, 0.717) is 24.9 Å². The van der Waals surface area contributed by atoms with Gasteiger partial charge in [0.05, 0.1) is 18.4 Å². The Morgan fingerprint density at radius 1 is 1.32 bits per heavy atom. The summed E-state index contributed by atoms with van der Waals surface area (Å²) in [5.74, 6) is -0.784. The molecule has 1 aromatic heterocycles. The fourth-order valence-electron chi connectivity index (χ4n) is 2.93. The second kappa shape index (κ2) is 7.43. The number of carbonyl (C=O) groups excluding carboxylic acids is 2. The summed E-state index contributed by atoms with van der Waals surface area (Å²) >= 11 is 0. The Kier molecular flexibility index (Phi) is 5.08. The monoisotopic (exact) mass is 344 g/mol. The number of carbonyl (C=O) groups is 2. The number of primary amides is 1. The van der Waals surface area contributed by atoms with Crippen LogP contribution in [0.5, 0.6) is 0 Å². The molecule has 2 aromatic rings. The highest BCUT2D eigenvalue weighted by Crippen LogP contribution is 2.31. The van der Waals surface area contributed by atoms with Gasteiger partial charge < -0.3 is 19.9 Å². The summed E-state index contributed by atoms with van der Waals surface area (Å²) in [5, 5.41) is 3.74. The first-order valence-electron chi connectivity index (χ1n) is 8.03. The molecule has 0 bridgehead atoms. The highest BCUT2D eigenvalue weighted by molar-refractivity contribution is 5.82. The molecule has 8 nitrogen and oxygen atoms in total. The van der Waals surface area contributed by atoms with Crippen LogP contribution in [0.1, 0.15) is 23.2 Å². The number of hydrogen-bond acceptors (Lipinski definition) is 6. The summed E-state index contributed by atoms with van der Waals surface area (Å²) in [5.41, 5.74) is 6.46. The fourth-order valence-corrected chi connectivity index (χ4v) is 2.93. The van der Waals surface area contributed by atoms with Gasteiger partial charge in [0.25, 0.3) is 0 Å². The number of benzene rings is 1. The molecular formula is C17H20N4O4. The molecule has 8 heteroatoms. The zero-order valence-corrected chi connectivity index (χ0v) is 13.9. The van der Waals surface area contributed by atoms with Crippen LogP contribution in [0.4, 0.5) is 0 Å². The number of hydrogen-bond donors (Lipinski definition) is 1. The summed E-state index contributed by atoms with van der Waals surface area (Å²) in [7, 11) is 0. The second-order valence-electron chi connectivity index (χ2n) is 6.07. The average molecular weight is 344 g/mol. The van der Waals surface area contributed by atoms with Crippen molar-refractivity contribution in [3.05, 3.63) is 47.6 Å². The first-order valence-corrected chi connectivity index (χ1v) is 8.03. The minimum atomic E-state index is -0.544. The van der Waals surface area contributed by atoms with Crippen molar-refractivity contribution in [1.29, 1.82) is 0 Å². The van der Waals surface area contributed by atoms with Gasteiger partial charge in [0.2, 0.25) is 17.7 Å². The topological polar surface area (TPSA) is 112 Å². The summed E-state index contributed by atoms with van der Waals surface area (Å²) in [6, 6.07) is 9.60. The Hall–Kier alpha value is -2.74. The summed E-state index contributed by atoms with van der Waals surface area (Å²) < 4.78 is 10.6. The molecule has 2 heterocycles. The van der Waals surface area contributed by atoms with Gasteiger partial charge in [-0.25, -0.2) is 0 Å². The molecule has 25 heavy (non-hydrogen) atoms. The van der Waals surface area contributed by atoms with E-state index in [0.717, 1.165) is 5.56 Å². The molecule has 1 aromatic carbocycles. The molecule has 3 rings (SSSR count). The number of likely N-dealkylation sites (tertiary alicyclic amines) is 1. The Morgan fingerprint density at radius 2 is 2.08 bits per heavy atom. The van der Waals surface area contributed by atoms with E-state index in [-0.39, 0.29) is 25.0 Å². The molecule has 0 aliphatic carbocycles. The smallest absolute Gasteiger partial charge is 0.248 e. The quantitative estimate of drug-likeness (QED) is 0.822. The van der Waals surface area contributed by atoms with Crippen LogP contribution in [0.15, 0.2) is 34.9 Å². The number of nitrogens with zero attached hydrogens (tertiary/aromatic N) is 3. The van der Waals surface area contributed by atoms with Gasteiger partial charge in [-0.15, -0.1) is 0 Å². The number of rotatable bonds is 6. The van der Waals surface area contributed by atoms with Crippen LogP contribution in [-0.2, 0) is 20.9 Å². The molecule has 132 valence electrons. The lowest BCUT2D eigenvalue weighted by Gasteiger charge is -2.15.